The molecule has 2 atom stereocenters. The molecule has 2 bridgehead atoms. The van der Waals surface area contributed by atoms with Gasteiger partial charge < -0.3 is 5.32 Å². The summed E-state index contributed by atoms with van der Waals surface area (Å²) in [7, 11) is 0. The summed E-state index contributed by atoms with van der Waals surface area (Å²) in [6.07, 6.45) is 7.07. The van der Waals surface area contributed by atoms with Gasteiger partial charge in [0.1, 0.15) is 0 Å². The first kappa shape index (κ1) is 15.3. The fraction of sp³-hybridized carbons (Fsp3) is 0.400. The number of nitrogens with zero attached hydrogens (tertiary/aromatic N) is 2. The number of hydrogen-bond donors (Lipinski definition) is 1. The highest BCUT2D eigenvalue weighted by molar-refractivity contribution is 5.94. The Morgan fingerprint density at radius 2 is 1.92 bits per heavy atom. The molecule has 3 aliphatic heterocycles. The van der Waals surface area contributed by atoms with E-state index < -0.39 is 0 Å². The number of carbonyl (C=O) groups excluding carboxylic acids is 1. The van der Waals surface area contributed by atoms with Crippen LogP contribution in [0, 0.1) is 5.92 Å². The van der Waals surface area contributed by atoms with Crippen molar-refractivity contribution in [1.29, 1.82) is 0 Å². The van der Waals surface area contributed by atoms with E-state index in [0.717, 1.165) is 25.1 Å². The average molecular weight is 321 g/mol. The molecular weight excluding hydrogens is 298 g/mol. The first-order chi connectivity index (χ1) is 11.8. The number of fused-ring (bicyclic) bond motifs is 3. The lowest BCUT2D eigenvalue weighted by Gasteiger charge is -2.51. The smallest absolute Gasteiger partial charge is 0.251 e. The highest BCUT2D eigenvalue weighted by Gasteiger charge is 2.42. The van der Waals surface area contributed by atoms with Gasteiger partial charge in [0.15, 0.2) is 0 Å². The van der Waals surface area contributed by atoms with Gasteiger partial charge in [0, 0.05) is 30.0 Å². The molecule has 3 fully saturated rings. The van der Waals surface area contributed by atoms with Gasteiger partial charge in [0.2, 0.25) is 0 Å². The van der Waals surface area contributed by atoms with Gasteiger partial charge in [-0.1, -0.05) is 24.3 Å². The Morgan fingerprint density at radius 3 is 2.62 bits per heavy atom. The van der Waals surface area contributed by atoms with Crippen LogP contribution in [0.25, 0.3) is 0 Å². The number of rotatable bonds is 4. The zero-order chi connectivity index (χ0) is 16.4. The van der Waals surface area contributed by atoms with E-state index >= 15 is 0 Å². The third-order valence-corrected chi connectivity index (χ3v) is 5.47. The standard InChI is InChI=1S/C20H23N3O/c24-20(17-6-2-1-3-7-17)22-19-16-8-11-23(12-9-16)18(19)13-15-5-4-10-21-14-15/h1-7,10,14,16,18-19H,8-9,11-13H2,(H,22,24). The van der Waals surface area contributed by atoms with Gasteiger partial charge in [0.25, 0.3) is 5.91 Å². The average Bonchev–Trinajstić information content (AvgIpc) is 2.66. The second kappa shape index (κ2) is 6.73. The van der Waals surface area contributed by atoms with Gasteiger partial charge in [0.05, 0.1) is 0 Å². The van der Waals surface area contributed by atoms with Crippen molar-refractivity contribution in [3.63, 3.8) is 0 Å². The molecule has 4 heterocycles. The lowest BCUT2D eigenvalue weighted by atomic mass is 9.76. The van der Waals surface area contributed by atoms with Crippen molar-refractivity contribution < 1.29 is 4.79 Å². The van der Waals surface area contributed by atoms with Crippen molar-refractivity contribution in [3.05, 3.63) is 66.0 Å². The fourth-order valence-electron chi connectivity index (χ4n) is 4.21. The summed E-state index contributed by atoms with van der Waals surface area (Å²) >= 11 is 0. The highest BCUT2D eigenvalue weighted by Crippen LogP contribution is 2.34. The van der Waals surface area contributed by atoms with Crippen molar-refractivity contribution in [2.45, 2.75) is 31.3 Å². The quantitative estimate of drug-likeness (QED) is 0.941. The number of hydrogen-bond acceptors (Lipinski definition) is 3. The maximum absolute atomic E-state index is 12.6. The van der Waals surface area contributed by atoms with E-state index in [1.807, 2.05) is 48.8 Å². The van der Waals surface area contributed by atoms with E-state index in [9.17, 15) is 4.79 Å². The minimum absolute atomic E-state index is 0.0468. The van der Waals surface area contributed by atoms with Gasteiger partial charge in [-0.05, 0) is 62.0 Å². The number of piperidine rings is 3. The molecule has 1 N–H and O–H groups in total. The first-order valence-corrected chi connectivity index (χ1v) is 8.80. The van der Waals surface area contributed by atoms with Crippen molar-refractivity contribution in [2.75, 3.05) is 13.1 Å². The topological polar surface area (TPSA) is 45.2 Å². The number of amides is 1. The molecule has 1 aromatic carbocycles. The van der Waals surface area contributed by atoms with Gasteiger partial charge >= 0.3 is 0 Å². The van der Waals surface area contributed by atoms with Crippen LogP contribution >= 0.6 is 0 Å². The molecular formula is C20H23N3O. The molecule has 24 heavy (non-hydrogen) atoms. The third kappa shape index (κ3) is 3.06. The molecule has 1 amide bonds. The van der Waals surface area contributed by atoms with Gasteiger partial charge in [-0.25, -0.2) is 0 Å². The zero-order valence-corrected chi connectivity index (χ0v) is 13.8. The predicted molar refractivity (Wildman–Crippen MR) is 93.7 cm³/mol. The maximum atomic E-state index is 12.6. The fourth-order valence-corrected chi connectivity index (χ4v) is 4.21. The number of pyridine rings is 1. The summed E-state index contributed by atoms with van der Waals surface area (Å²) in [5.41, 5.74) is 1.99. The number of carbonyl (C=O) groups is 1. The second-order valence-electron chi connectivity index (χ2n) is 6.87. The van der Waals surface area contributed by atoms with Crippen LogP contribution in [0.3, 0.4) is 0 Å². The molecule has 2 unspecified atom stereocenters. The molecule has 4 nitrogen and oxygen atoms in total. The lowest BCUT2D eigenvalue weighted by molar-refractivity contribution is 0.0136. The number of aromatic nitrogens is 1. The summed E-state index contributed by atoms with van der Waals surface area (Å²) in [4.78, 5) is 19.4. The van der Waals surface area contributed by atoms with Crippen LogP contribution in [0.5, 0.6) is 0 Å². The summed E-state index contributed by atoms with van der Waals surface area (Å²) < 4.78 is 0. The summed E-state index contributed by atoms with van der Waals surface area (Å²) in [6, 6.07) is 14.2. The Bertz CT molecular complexity index is 681. The van der Waals surface area contributed by atoms with E-state index in [2.05, 4.69) is 21.3 Å². The van der Waals surface area contributed by atoms with Gasteiger partial charge in [-0.2, -0.15) is 0 Å². The number of nitrogens with one attached hydrogen (secondary N) is 1. The van der Waals surface area contributed by atoms with Crippen LogP contribution in [0.2, 0.25) is 0 Å². The summed E-state index contributed by atoms with van der Waals surface area (Å²) in [5.74, 6) is 0.634. The molecule has 124 valence electrons. The Hall–Kier alpha value is -2.20. The number of benzene rings is 1. The Kier molecular flexibility index (Phi) is 4.30. The zero-order valence-electron chi connectivity index (χ0n) is 13.8. The normalized spacial score (nSPS) is 28.5. The van der Waals surface area contributed by atoms with Gasteiger partial charge in [-0.3, -0.25) is 14.7 Å². The summed E-state index contributed by atoms with van der Waals surface area (Å²) in [6.45, 7) is 2.29. The molecule has 3 aliphatic rings. The molecule has 5 rings (SSSR count). The molecule has 2 aromatic rings. The van der Waals surface area contributed by atoms with Crippen LogP contribution < -0.4 is 5.32 Å². The van der Waals surface area contributed by atoms with Crippen molar-refractivity contribution >= 4 is 5.91 Å². The van der Waals surface area contributed by atoms with Crippen LogP contribution in [0.1, 0.15) is 28.8 Å². The molecule has 0 saturated carbocycles. The third-order valence-electron chi connectivity index (χ3n) is 5.47. The molecule has 1 aromatic heterocycles. The Labute approximate surface area is 142 Å². The van der Waals surface area contributed by atoms with Crippen LogP contribution in [-0.2, 0) is 6.42 Å². The summed E-state index contributed by atoms with van der Waals surface area (Å²) in [5, 5.41) is 3.34. The molecule has 4 heteroatoms. The second-order valence-corrected chi connectivity index (χ2v) is 6.87. The van der Waals surface area contributed by atoms with Crippen molar-refractivity contribution in [3.8, 4) is 0 Å². The Morgan fingerprint density at radius 1 is 1.12 bits per heavy atom. The van der Waals surface area contributed by atoms with Crippen LogP contribution in [0.4, 0.5) is 0 Å². The molecule has 0 radical (unpaired) electrons. The molecule has 0 aliphatic carbocycles. The van der Waals surface area contributed by atoms with Crippen LogP contribution in [-0.4, -0.2) is 41.0 Å². The molecule has 0 spiro atoms. The van der Waals surface area contributed by atoms with E-state index in [0.29, 0.717) is 12.0 Å². The minimum atomic E-state index is 0.0468. The molecule has 3 saturated heterocycles. The van der Waals surface area contributed by atoms with E-state index in [1.54, 1.807) is 0 Å². The highest BCUT2D eigenvalue weighted by atomic mass is 16.1. The largest absolute Gasteiger partial charge is 0.347 e. The monoisotopic (exact) mass is 321 g/mol. The lowest BCUT2D eigenvalue weighted by Crippen LogP contribution is -2.64. The minimum Gasteiger partial charge on any atom is -0.347 e. The van der Waals surface area contributed by atoms with Crippen molar-refractivity contribution in [1.82, 2.24) is 15.2 Å². The first-order valence-electron chi connectivity index (χ1n) is 8.80. The van der Waals surface area contributed by atoms with E-state index in [1.165, 1.54) is 18.4 Å². The van der Waals surface area contributed by atoms with Crippen LogP contribution in [0.15, 0.2) is 54.9 Å². The van der Waals surface area contributed by atoms with Crippen molar-refractivity contribution in [2.24, 2.45) is 5.92 Å². The maximum Gasteiger partial charge on any atom is 0.251 e. The van der Waals surface area contributed by atoms with Gasteiger partial charge in [-0.15, -0.1) is 0 Å². The Balaban J connectivity index is 1.53. The van der Waals surface area contributed by atoms with E-state index in [-0.39, 0.29) is 11.9 Å². The van der Waals surface area contributed by atoms with E-state index in [4.69, 9.17) is 0 Å². The predicted octanol–water partition coefficient (Wildman–Crippen LogP) is 2.52. The SMILES string of the molecule is O=C(NC1C2CCN(CC2)C1Cc1cccnc1)c1ccccc1.